The van der Waals surface area contributed by atoms with Gasteiger partial charge in [-0.05, 0) is 11.6 Å². The number of nitrogens with two attached hydrogens (primary N) is 2. The molecule has 0 aliphatic carbocycles. The molecule has 0 fully saturated rings. The maximum Gasteiger partial charge on any atom is 0.326 e. The highest BCUT2D eigenvalue weighted by molar-refractivity contribution is 5.97. The number of para-hydroxylation sites is 1. The quantitative estimate of drug-likeness (QED) is 0.0959. The van der Waals surface area contributed by atoms with Crippen LogP contribution in [0.4, 0.5) is 0 Å². The van der Waals surface area contributed by atoms with Gasteiger partial charge in [-0.25, -0.2) is 9.78 Å². The molecule has 3 rings (SSSR count). The van der Waals surface area contributed by atoms with Gasteiger partial charge in [0.25, 0.3) is 0 Å². The maximum atomic E-state index is 13.3. The number of imidazole rings is 1. The summed E-state index contributed by atoms with van der Waals surface area (Å²) in [6, 6.07) is 1.20. The number of aliphatic carboxylic acids is 2. The lowest BCUT2D eigenvalue weighted by Crippen LogP contribution is -2.58. The smallest absolute Gasteiger partial charge is 0.326 e. The number of carboxylic acid groups (broad SMARTS) is 2. The molecule has 4 atom stereocenters. The summed E-state index contributed by atoms with van der Waals surface area (Å²) in [7, 11) is 0. The van der Waals surface area contributed by atoms with E-state index in [-0.39, 0.29) is 12.8 Å². The summed E-state index contributed by atoms with van der Waals surface area (Å²) < 4.78 is 0. The van der Waals surface area contributed by atoms with Crippen molar-refractivity contribution in [1.82, 2.24) is 30.9 Å². The van der Waals surface area contributed by atoms with E-state index in [1.54, 1.807) is 30.5 Å². The highest BCUT2D eigenvalue weighted by atomic mass is 16.4. The predicted octanol–water partition coefficient (Wildman–Crippen LogP) is -2.11. The molecule has 4 unspecified atom stereocenters. The van der Waals surface area contributed by atoms with Gasteiger partial charge in [0, 0.05) is 41.8 Å². The number of fused-ring (bicyclic) bond motifs is 1. The summed E-state index contributed by atoms with van der Waals surface area (Å²) in [5.74, 6) is -6.76. The van der Waals surface area contributed by atoms with Crippen molar-refractivity contribution in [3.05, 3.63) is 54.2 Å². The molecule has 0 aliphatic rings. The molecule has 0 saturated carbocycles. The Bertz CT molecular complexity index is 1420. The van der Waals surface area contributed by atoms with E-state index in [1.165, 1.54) is 12.5 Å². The lowest BCUT2D eigenvalue weighted by molar-refractivity contribution is -0.147. The number of hydrogen-bond donors (Lipinski definition) is 9. The van der Waals surface area contributed by atoms with Crippen molar-refractivity contribution >= 4 is 46.5 Å². The summed E-state index contributed by atoms with van der Waals surface area (Å²) in [6.45, 7) is 0. The van der Waals surface area contributed by atoms with Gasteiger partial charge in [-0.3, -0.25) is 24.0 Å². The fraction of sp³-hybridized carbons (Fsp3) is 0.320. The number of aromatic nitrogens is 3. The van der Waals surface area contributed by atoms with Crippen LogP contribution in [0.1, 0.15) is 24.1 Å². The minimum Gasteiger partial charge on any atom is -0.481 e. The number of carbonyl (C=O) groups is 6. The number of amides is 4. The van der Waals surface area contributed by atoms with E-state index >= 15 is 0 Å². The molecule has 2 aromatic heterocycles. The average Bonchev–Trinajstić information content (AvgIpc) is 3.56. The van der Waals surface area contributed by atoms with Crippen LogP contribution >= 0.6 is 0 Å². The normalized spacial score (nSPS) is 13.9. The van der Waals surface area contributed by atoms with E-state index < -0.39 is 72.6 Å². The number of benzene rings is 1. The van der Waals surface area contributed by atoms with Crippen molar-refractivity contribution in [1.29, 1.82) is 0 Å². The van der Waals surface area contributed by atoms with Crippen LogP contribution in [-0.2, 0) is 41.6 Å². The van der Waals surface area contributed by atoms with Crippen LogP contribution in [0.5, 0.6) is 0 Å². The van der Waals surface area contributed by atoms with Gasteiger partial charge in [0.2, 0.25) is 23.6 Å². The van der Waals surface area contributed by atoms with Crippen molar-refractivity contribution in [2.45, 2.75) is 49.9 Å². The second kappa shape index (κ2) is 13.7. The molecular weight excluding hydrogens is 540 g/mol. The monoisotopic (exact) mass is 570 g/mol. The second-order valence-corrected chi connectivity index (χ2v) is 9.24. The average molecular weight is 571 g/mol. The number of H-pyrrole nitrogens is 2. The fourth-order valence-corrected chi connectivity index (χ4v) is 4.06. The molecule has 218 valence electrons. The molecule has 16 nitrogen and oxygen atoms in total. The third-order valence-electron chi connectivity index (χ3n) is 6.10. The maximum absolute atomic E-state index is 13.3. The van der Waals surface area contributed by atoms with Gasteiger partial charge < -0.3 is 47.6 Å². The zero-order valence-corrected chi connectivity index (χ0v) is 21.6. The number of aromatic amines is 2. The van der Waals surface area contributed by atoms with E-state index in [0.29, 0.717) is 16.6 Å². The first-order valence-electron chi connectivity index (χ1n) is 12.4. The SMILES string of the molecule is NC(=O)CC(NC(=O)C(N)Cc1cnc[nH]1)C(=O)NC(Cc1c[nH]c2ccccc12)C(=O)NC(CC(=O)O)C(=O)O. The predicted molar refractivity (Wildman–Crippen MR) is 142 cm³/mol. The molecule has 2 heterocycles. The van der Waals surface area contributed by atoms with Crippen LogP contribution in [0, 0.1) is 0 Å². The topological polar surface area (TPSA) is 275 Å². The first-order valence-corrected chi connectivity index (χ1v) is 12.4. The van der Waals surface area contributed by atoms with E-state index in [4.69, 9.17) is 16.6 Å². The molecule has 1 aromatic carbocycles. The number of rotatable bonds is 15. The van der Waals surface area contributed by atoms with Crippen molar-refractivity contribution in [3.8, 4) is 0 Å². The summed E-state index contributed by atoms with van der Waals surface area (Å²) in [5.41, 5.74) is 13.1. The molecule has 0 bridgehead atoms. The van der Waals surface area contributed by atoms with E-state index in [9.17, 15) is 33.9 Å². The number of primary amides is 1. The summed E-state index contributed by atoms with van der Waals surface area (Å²) >= 11 is 0. The Labute approximate surface area is 232 Å². The Balaban J connectivity index is 1.83. The first kappa shape index (κ1) is 30.3. The van der Waals surface area contributed by atoms with Crippen LogP contribution in [0.15, 0.2) is 43.0 Å². The van der Waals surface area contributed by atoms with Gasteiger partial charge in [-0.15, -0.1) is 0 Å². The Morgan fingerprint density at radius 2 is 1.51 bits per heavy atom. The first-order chi connectivity index (χ1) is 19.4. The van der Waals surface area contributed by atoms with Crippen LogP contribution < -0.4 is 27.4 Å². The van der Waals surface area contributed by atoms with E-state index in [1.807, 2.05) is 0 Å². The molecule has 0 radical (unpaired) electrons. The fourth-order valence-electron chi connectivity index (χ4n) is 4.06. The van der Waals surface area contributed by atoms with Gasteiger partial charge >= 0.3 is 11.9 Å². The van der Waals surface area contributed by atoms with Crippen molar-refractivity contribution in [2.24, 2.45) is 11.5 Å². The largest absolute Gasteiger partial charge is 0.481 e. The molecule has 11 N–H and O–H groups in total. The molecule has 3 aromatic rings. The van der Waals surface area contributed by atoms with Crippen LogP contribution in [0.3, 0.4) is 0 Å². The van der Waals surface area contributed by atoms with Crippen LogP contribution in [0.25, 0.3) is 10.9 Å². The summed E-state index contributed by atoms with van der Waals surface area (Å²) in [6.07, 6.45) is 2.80. The standard InChI is InChI=1S/C25H30N8O8/c26-15(6-13-10-28-11-30-13)22(37)31-18(7-20(27)34)24(39)32-17(23(38)33-19(25(40)41)8-21(35)36)5-12-9-29-16-4-2-1-3-14(12)16/h1-4,9-11,15,17-19,29H,5-8,26H2,(H2,27,34)(H,28,30)(H,31,37)(H,32,39)(H,33,38)(H,35,36)(H,40,41). The number of hydrogen-bond acceptors (Lipinski definition) is 8. The molecule has 0 saturated heterocycles. The Morgan fingerprint density at radius 3 is 2.15 bits per heavy atom. The Kier molecular flexibility index (Phi) is 10.1. The number of carboxylic acids is 2. The zero-order valence-electron chi connectivity index (χ0n) is 21.6. The van der Waals surface area contributed by atoms with E-state index in [2.05, 4.69) is 30.9 Å². The van der Waals surface area contributed by atoms with Crippen molar-refractivity contribution < 1.29 is 39.0 Å². The Hall–Kier alpha value is -5.25. The third-order valence-corrected chi connectivity index (χ3v) is 6.10. The minimum atomic E-state index is -1.79. The Morgan fingerprint density at radius 1 is 0.854 bits per heavy atom. The number of carbonyl (C=O) groups excluding carboxylic acids is 4. The van der Waals surface area contributed by atoms with Crippen molar-refractivity contribution in [3.63, 3.8) is 0 Å². The molecule has 41 heavy (non-hydrogen) atoms. The number of nitrogens with zero attached hydrogens (tertiary/aromatic N) is 1. The highest BCUT2D eigenvalue weighted by Crippen LogP contribution is 2.19. The highest BCUT2D eigenvalue weighted by Gasteiger charge is 2.32. The molecule has 4 amide bonds. The lowest BCUT2D eigenvalue weighted by atomic mass is 10.0. The van der Waals surface area contributed by atoms with Gasteiger partial charge in [-0.2, -0.15) is 0 Å². The molecule has 0 aliphatic heterocycles. The molecule has 16 heteroatoms. The number of nitrogens with one attached hydrogen (secondary N) is 5. The lowest BCUT2D eigenvalue weighted by Gasteiger charge is -2.24. The second-order valence-electron chi connectivity index (χ2n) is 9.24. The van der Waals surface area contributed by atoms with E-state index in [0.717, 1.165) is 5.52 Å². The van der Waals surface area contributed by atoms with Crippen LogP contribution in [-0.4, -0.2) is 84.9 Å². The zero-order chi connectivity index (χ0) is 30.1. The summed E-state index contributed by atoms with van der Waals surface area (Å²) in [4.78, 5) is 83.2. The van der Waals surface area contributed by atoms with Gasteiger partial charge in [0.05, 0.1) is 25.2 Å². The van der Waals surface area contributed by atoms with Crippen molar-refractivity contribution in [2.75, 3.05) is 0 Å². The van der Waals surface area contributed by atoms with Crippen LogP contribution in [0.2, 0.25) is 0 Å². The van der Waals surface area contributed by atoms with Gasteiger partial charge in [-0.1, -0.05) is 18.2 Å². The van der Waals surface area contributed by atoms with Gasteiger partial charge in [0.15, 0.2) is 0 Å². The minimum absolute atomic E-state index is 0.0441. The molecular formula is C25H30N8O8. The molecule has 0 spiro atoms. The third kappa shape index (κ3) is 8.62. The summed E-state index contributed by atoms with van der Waals surface area (Å²) in [5, 5.41) is 26.0. The van der Waals surface area contributed by atoms with Gasteiger partial charge in [0.1, 0.15) is 18.1 Å².